The molecule has 5 heteroatoms. The van der Waals surface area contributed by atoms with Crippen molar-refractivity contribution in [3.8, 4) is 11.5 Å². The fourth-order valence-electron chi connectivity index (χ4n) is 3.45. The summed E-state index contributed by atoms with van der Waals surface area (Å²) in [7, 11) is 3.22. The topological polar surface area (TPSA) is 50.8 Å². The lowest BCUT2D eigenvalue weighted by atomic mass is 9.87. The lowest BCUT2D eigenvalue weighted by molar-refractivity contribution is 0.0937. The van der Waals surface area contributed by atoms with Crippen molar-refractivity contribution in [3.63, 3.8) is 0 Å². The number of nitrogens with one attached hydrogen (secondary N) is 1. The van der Waals surface area contributed by atoms with E-state index in [0.717, 1.165) is 24.1 Å². The van der Waals surface area contributed by atoms with Crippen LogP contribution in [0.15, 0.2) is 12.1 Å². The van der Waals surface area contributed by atoms with Gasteiger partial charge in [-0.25, -0.2) is 0 Å². The average Bonchev–Trinajstić information content (AvgIpc) is 3.06. The quantitative estimate of drug-likeness (QED) is 0.904. The number of carbonyl (C=O) groups excluding carboxylic acids is 1. The molecule has 1 amide bonds. The molecular weight excluding hydrogens is 280 g/mol. The van der Waals surface area contributed by atoms with Crippen molar-refractivity contribution in [3.05, 3.63) is 23.3 Å². The van der Waals surface area contributed by atoms with Crippen molar-refractivity contribution >= 4 is 5.91 Å². The van der Waals surface area contributed by atoms with E-state index in [1.54, 1.807) is 20.3 Å². The molecule has 1 atom stereocenters. The molecule has 0 saturated carbocycles. The molecular formula is C17H24N2O3. The highest BCUT2D eigenvalue weighted by atomic mass is 16.5. The summed E-state index contributed by atoms with van der Waals surface area (Å²) in [4.78, 5) is 14.7. The van der Waals surface area contributed by atoms with Crippen LogP contribution in [0.1, 0.15) is 41.1 Å². The average molecular weight is 304 g/mol. The Bertz CT molecular complexity index is 553. The molecule has 5 nitrogen and oxygen atoms in total. The Morgan fingerprint density at radius 2 is 1.86 bits per heavy atom. The molecule has 2 heterocycles. The Hall–Kier alpha value is -1.75. The van der Waals surface area contributed by atoms with Crippen molar-refractivity contribution < 1.29 is 14.3 Å². The summed E-state index contributed by atoms with van der Waals surface area (Å²) in [5.74, 6) is 1.63. The molecule has 1 saturated heterocycles. The third-order valence-corrected chi connectivity index (χ3v) is 4.74. The van der Waals surface area contributed by atoms with Gasteiger partial charge < -0.3 is 19.7 Å². The summed E-state index contributed by atoms with van der Waals surface area (Å²) in [6, 6.07) is 3.77. The Morgan fingerprint density at radius 1 is 1.18 bits per heavy atom. The summed E-state index contributed by atoms with van der Waals surface area (Å²) >= 11 is 0. The van der Waals surface area contributed by atoms with Crippen molar-refractivity contribution in [1.29, 1.82) is 0 Å². The van der Waals surface area contributed by atoms with Crippen LogP contribution in [0.4, 0.5) is 0 Å². The molecule has 0 bridgehead atoms. The summed E-state index contributed by atoms with van der Waals surface area (Å²) in [6.45, 7) is 4.21. The monoisotopic (exact) mass is 304 g/mol. The van der Waals surface area contributed by atoms with Gasteiger partial charge in [0.05, 0.1) is 14.2 Å². The van der Waals surface area contributed by atoms with Gasteiger partial charge in [-0.05, 0) is 56.6 Å². The van der Waals surface area contributed by atoms with Crippen LogP contribution in [0, 0.1) is 0 Å². The van der Waals surface area contributed by atoms with Gasteiger partial charge in [-0.1, -0.05) is 0 Å². The number of hydrogen-bond acceptors (Lipinski definition) is 4. The van der Waals surface area contributed by atoms with Gasteiger partial charge in [0.15, 0.2) is 11.5 Å². The molecule has 1 fully saturated rings. The Kier molecular flexibility index (Phi) is 4.52. The summed E-state index contributed by atoms with van der Waals surface area (Å²) < 4.78 is 10.7. The third kappa shape index (κ3) is 2.90. The van der Waals surface area contributed by atoms with E-state index in [1.165, 1.54) is 25.9 Å². The zero-order valence-corrected chi connectivity index (χ0v) is 13.4. The maximum Gasteiger partial charge on any atom is 0.251 e. The van der Waals surface area contributed by atoms with E-state index in [1.807, 2.05) is 6.07 Å². The van der Waals surface area contributed by atoms with Crippen LogP contribution in [-0.2, 0) is 0 Å². The first-order valence-corrected chi connectivity index (χ1v) is 7.99. The maximum absolute atomic E-state index is 12.1. The first-order valence-electron chi connectivity index (χ1n) is 7.99. The van der Waals surface area contributed by atoms with Gasteiger partial charge in [0.25, 0.3) is 5.91 Å². The third-order valence-electron chi connectivity index (χ3n) is 4.74. The molecule has 2 aliphatic rings. The number of rotatable bonds is 5. The zero-order chi connectivity index (χ0) is 15.5. The molecule has 1 aromatic rings. The minimum Gasteiger partial charge on any atom is -0.493 e. The SMILES string of the molecule is COc1cc2c(cc1OC)C(CCN1CCCC1)CNC2=O. The van der Waals surface area contributed by atoms with Gasteiger partial charge in [0.2, 0.25) is 0 Å². The number of fused-ring (bicyclic) bond motifs is 1. The molecule has 2 aliphatic heterocycles. The molecule has 120 valence electrons. The minimum absolute atomic E-state index is 0.0200. The Morgan fingerprint density at radius 3 is 2.55 bits per heavy atom. The standard InChI is InChI=1S/C17H24N2O3/c1-21-15-9-13-12(5-8-19-6-3-4-7-19)11-18-17(20)14(13)10-16(15)22-2/h9-10,12H,3-8,11H2,1-2H3,(H,18,20). The van der Waals surface area contributed by atoms with Crippen molar-refractivity contribution in [2.75, 3.05) is 40.4 Å². The molecule has 0 spiro atoms. The molecule has 1 unspecified atom stereocenters. The van der Waals surface area contributed by atoms with E-state index in [-0.39, 0.29) is 5.91 Å². The van der Waals surface area contributed by atoms with Gasteiger partial charge in [-0.2, -0.15) is 0 Å². The number of ether oxygens (including phenoxy) is 2. The van der Waals surface area contributed by atoms with Gasteiger partial charge in [-0.3, -0.25) is 4.79 Å². The minimum atomic E-state index is -0.0200. The second-order valence-corrected chi connectivity index (χ2v) is 6.04. The summed E-state index contributed by atoms with van der Waals surface area (Å²) in [6.07, 6.45) is 3.68. The van der Waals surface area contributed by atoms with Crippen molar-refractivity contribution in [1.82, 2.24) is 10.2 Å². The lowest BCUT2D eigenvalue weighted by Gasteiger charge is -2.28. The highest BCUT2D eigenvalue weighted by molar-refractivity contribution is 5.97. The number of likely N-dealkylation sites (tertiary alicyclic amines) is 1. The highest BCUT2D eigenvalue weighted by Gasteiger charge is 2.28. The summed E-state index contributed by atoms with van der Waals surface area (Å²) in [5, 5.41) is 3.00. The fourth-order valence-corrected chi connectivity index (χ4v) is 3.45. The normalized spacial score (nSPS) is 21.4. The molecule has 0 aliphatic carbocycles. The second kappa shape index (κ2) is 6.57. The van der Waals surface area contributed by atoms with E-state index in [2.05, 4.69) is 10.2 Å². The van der Waals surface area contributed by atoms with Gasteiger partial charge in [0.1, 0.15) is 0 Å². The molecule has 0 aromatic heterocycles. The van der Waals surface area contributed by atoms with Crippen molar-refractivity contribution in [2.24, 2.45) is 0 Å². The predicted octanol–water partition coefficient (Wildman–Crippen LogP) is 2.02. The van der Waals surface area contributed by atoms with Crippen LogP contribution < -0.4 is 14.8 Å². The van der Waals surface area contributed by atoms with Crippen molar-refractivity contribution in [2.45, 2.75) is 25.2 Å². The number of amides is 1. The predicted molar refractivity (Wildman–Crippen MR) is 84.9 cm³/mol. The van der Waals surface area contributed by atoms with Gasteiger partial charge in [0, 0.05) is 18.0 Å². The van der Waals surface area contributed by atoms with E-state index in [0.29, 0.717) is 24.0 Å². The van der Waals surface area contributed by atoms with Crippen LogP contribution in [0.5, 0.6) is 11.5 Å². The Labute approximate surface area is 131 Å². The van der Waals surface area contributed by atoms with Crippen LogP contribution in [0.25, 0.3) is 0 Å². The van der Waals surface area contributed by atoms with E-state index < -0.39 is 0 Å². The first-order chi connectivity index (χ1) is 10.7. The van der Waals surface area contributed by atoms with Crippen LogP contribution >= 0.6 is 0 Å². The van der Waals surface area contributed by atoms with Crippen LogP contribution in [-0.4, -0.2) is 51.2 Å². The Balaban J connectivity index is 1.82. The number of nitrogens with zero attached hydrogens (tertiary/aromatic N) is 1. The van der Waals surface area contributed by atoms with Crippen LogP contribution in [0.2, 0.25) is 0 Å². The number of carbonyl (C=O) groups is 1. The highest BCUT2D eigenvalue weighted by Crippen LogP contribution is 2.36. The fraction of sp³-hybridized carbons (Fsp3) is 0.588. The summed E-state index contributed by atoms with van der Waals surface area (Å²) in [5.41, 5.74) is 1.80. The van der Waals surface area contributed by atoms with E-state index in [4.69, 9.17) is 9.47 Å². The molecule has 0 radical (unpaired) electrons. The number of benzene rings is 1. The maximum atomic E-state index is 12.1. The van der Waals surface area contributed by atoms with E-state index in [9.17, 15) is 4.79 Å². The number of hydrogen-bond donors (Lipinski definition) is 1. The number of methoxy groups -OCH3 is 2. The van der Waals surface area contributed by atoms with Gasteiger partial charge >= 0.3 is 0 Å². The van der Waals surface area contributed by atoms with Crippen LogP contribution in [0.3, 0.4) is 0 Å². The van der Waals surface area contributed by atoms with Gasteiger partial charge in [-0.15, -0.1) is 0 Å². The lowest BCUT2D eigenvalue weighted by Crippen LogP contribution is -2.36. The molecule has 1 aromatic carbocycles. The molecule has 22 heavy (non-hydrogen) atoms. The van der Waals surface area contributed by atoms with E-state index >= 15 is 0 Å². The second-order valence-electron chi connectivity index (χ2n) is 6.04. The smallest absolute Gasteiger partial charge is 0.251 e. The first kappa shape index (κ1) is 15.2. The zero-order valence-electron chi connectivity index (χ0n) is 13.4. The molecule has 3 rings (SSSR count). The molecule has 1 N–H and O–H groups in total. The largest absolute Gasteiger partial charge is 0.493 e.